The standard InChI is InChI=1S/C41H64N4O7S/c1-8-19-45(40(49)32(27(6)10-3)23-36(47)33-13-11-12-18-42-33)35(26(4)5)24-37(52-20-9-2)39-44-34(25-53-39)38(48)43-30(21-28(7)41(50)51)22-29-14-16-31(46)17-15-29/h14-17,25-28,30,32-33,35,37,42,46H,8-13,18-24H2,1-7H3,(H,43,48)(H,50,51)/t27-,28-,30+,32-,33+,35+,37?/m0/s1. The third kappa shape index (κ3) is 13.5. The third-order valence-corrected chi connectivity index (χ3v) is 11.4. The molecule has 0 spiro atoms. The van der Waals surface area contributed by atoms with E-state index in [0.29, 0.717) is 31.0 Å². The second kappa shape index (κ2) is 22.1. The number of hydrogen-bond acceptors (Lipinski definition) is 9. The number of amides is 2. The molecule has 0 radical (unpaired) electrons. The minimum Gasteiger partial charge on any atom is -0.508 e. The van der Waals surface area contributed by atoms with Gasteiger partial charge in [0.15, 0.2) is 5.78 Å². The molecule has 4 N–H and O–H groups in total. The third-order valence-electron chi connectivity index (χ3n) is 10.5. The van der Waals surface area contributed by atoms with Crippen molar-refractivity contribution < 1.29 is 34.1 Å². The number of rotatable bonds is 23. The topological polar surface area (TPSA) is 158 Å². The number of thiazole rings is 1. The van der Waals surface area contributed by atoms with E-state index in [2.05, 4.69) is 45.3 Å². The number of ether oxygens (including phenoxy) is 1. The fourth-order valence-corrected chi connectivity index (χ4v) is 7.97. The lowest BCUT2D eigenvalue weighted by molar-refractivity contribution is -0.144. The zero-order valence-electron chi connectivity index (χ0n) is 32.9. The van der Waals surface area contributed by atoms with Crippen molar-refractivity contribution in [1.29, 1.82) is 0 Å². The lowest BCUT2D eigenvalue weighted by Gasteiger charge is -2.39. The van der Waals surface area contributed by atoms with Crippen LogP contribution < -0.4 is 10.6 Å². The molecule has 1 aromatic heterocycles. The van der Waals surface area contributed by atoms with Gasteiger partial charge in [0, 0.05) is 49.4 Å². The number of phenolic OH excluding ortho intramolecular Hbond substituents is 1. The van der Waals surface area contributed by atoms with Gasteiger partial charge in [0.1, 0.15) is 22.6 Å². The SMILES string of the molecule is CCCOC(C[C@H](C(C)C)N(CCC)C(=O)[C@@H](CC(=O)[C@H]1CCCCN1)[C@@H](C)CC)c1nc(C(=O)N[C@@H](Cc2ccc(O)cc2)C[C@H](C)C(=O)O)cs1. The zero-order chi connectivity index (χ0) is 39.1. The van der Waals surface area contributed by atoms with Crippen LogP contribution in [0.15, 0.2) is 29.6 Å². The van der Waals surface area contributed by atoms with E-state index >= 15 is 0 Å². The Morgan fingerprint density at radius 1 is 1.04 bits per heavy atom. The molecule has 0 bridgehead atoms. The Morgan fingerprint density at radius 2 is 1.75 bits per heavy atom. The minimum atomic E-state index is -0.944. The summed E-state index contributed by atoms with van der Waals surface area (Å²) in [6.07, 6.45) is 6.13. The van der Waals surface area contributed by atoms with E-state index in [1.54, 1.807) is 36.6 Å². The highest BCUT2D eigenvalue weighted by Gasteiger charge is 2.38. The molecule has 12 heteroatoms. The van der Waals surface area contributed by atoms with Gasteiger partial charge >= 0.3 is 5.97 Å². The van der Waals surface area contributed by atoms with Gasteiger partial charge in [-0.3, -0.25) is 19.2 Å². The molecular formula is C41H64N4O7S. The summed E-state index contributed by atoms with van der Waals surface area (Å²) in [6.45, 7) is 16.0. The van der Waals surface area contributed by atoms with E-state index in [0.717, 1.165) is 50.6 Å². The normalized spacial score (nSPS) is 18.1. The highest BCUT2D eigenvalue weighted by molar-refractivity contribution is 7.09. The summed E-state index contributed by atoms with van der Waals surface area (Å²) in [5.41, 5.74) is 1.08. The van der Waals surface area contributed by atoms with Crippen LogP contribution in [0.3, 0.4) is 0 Å². The Balaban J connectivity index is 1.85. The van der Waals surface area contributed by atoms with Crippen molar-refractivity contribution in [3.63, 3.8) is 0 Å². The molecule has 1 aliphatic rings. The largest absolute Gasteiger partial charge is 0.508 e. The summed E-state index contributed by atoms with van der Waals surface area (Å²) >= 11 is 1.34. The molecule has 1 aromatic carbocycles. The first kappa shape index (κ1) is 44.0. The van der Waals surface area contributed by atoms with Crippen LogP contribution in [0.5, 0.6) is 5.75 Å². The van der Waals surface area contributed by atoms with Crippen LogP contribution in [0.25, 0.3) is 0 Å². The van der Waals surface area contributed by atoms with Gasteiger partial charge < -0.3 is 30.5 Å². The summed E-state index contributed by atoms with van der Waals surface area (Å²) in [7, 11) is 0. The number of aromatic nitrogens is 1. The second-order valence-electron chi connectivity index (χ2n) is 15.2. The average molecular weight is 757 g/mol. The summed E-state index contributed by atoms with van der Waals surface area (Å²) in [5, 5.41) is 28.0. The molecule has 1 unspecified atom stereocenters. The molecule has 2 amide bonds. The quantitative estimate of drug-likeness (QED) is 0.0922. The number of carbonyl (C=O) groups is 4. The van der Waals surface area contributed by atoms with Crippen LogP contribution >= 0.6 is 11.3 Å². The van der Waals surface area contributed by atoms with Crippen molar-refractivity contribution in [2.45, 2.75) is 137 Å². The number of carboxylic acids is 1. The Bertz CT molecular complexity index is 1440. The fraction of sp³-hybridized carbons (Fsp3) is 0.683. The zero-order valence-corrected chi connectivity index (χ0v) is 33.8. The number of aliphatic carboxylic acids is 1. The van der Waals surface area contributed by atoms with Crippen molar-refractivity contribution in [3.05, 3.63) is 45.9 Å². The van der Waals surface area contributed by atoms with Gasteiger partial charge in [0.05, 0.1) is 12.0 Å². The first-order valence-corrected chi connectivity index (χ1v) is 20.6. The van der Waals surface area contributed by atoms with Crippen LogP contribution in [0.2, 0.25) is 0 Å². The lowest BCUT2D eigenvalue weighted by Crippen LogP contribution is -2.50. The van der Waals surface area contributed by atoms with Gasteiger partial charge in [-0.25, -0.2) is 4.98 Å². The highest BCUT2D eigenvalue weighted by Crippen LogP contribution is 2.33. The van der Waals surface area contributed by atoms with Crippen molar-refractivity contribution in [2.24, 2.45) is 23.7 Å². The molecule has 1 aliphatic heterocycles. The monoisotopic (exact) mass is 756 g/mol. The predicted molar refractivity (Wildman–Crippen MR) is 209 cm³/mol. The molecule has 7 atom stereocenters. The molecule has 2 aromatic rings. The number of carboxylic acid groups (broad SMARTS) is 1. The highest BCUT2D eigenvalue weighted by atomic mass is 32.1. The van der Waals surface area contributed by atoms with E-state index in [4.69, 9.17) is 9.72 Å². The van der Waals surface area contributed by atoms with Crippen molar-refractivity contribution in [3.8, 4) is 5.75 Å². The molecule has 1 fully saturated rings. The van der Waals surface area contributed by atoms with Gasteiger partial charge in [-0.2, -0.15) is 0 Å². The first-order valence-electron chi connectivity index (χ1n) is 19.7. The molecule has 1 saturated heterocycles. The van der Waals surface area contributed by atoms with Gasteiger partial charge in [-0.05, 0) is 74.6 Å². The number of benzene rings is 1. The van der Waals surface area contributed by atoms with E-state index in [1.807, 2.05) is 11.8 Å². The van der Waals surface area contributed by atoms with Gasteiger partial charge in [0.2, 0.25) is 5.91 Å². The van der Waals surface area contributed by atoms with Gasteiger partial charge in [-0.15, -0.1) is 11.3 Å². The van der Waals surface area contributed by atoms with Crippen molar-refractivity contribution in [2.75, 3.05) is 19.7 Å². The summed E-state index contributed by atoms with van der Waals surface area (Å²) in [5.74, 6) is -2.03. The summed E-state index contributed by atoms with van der Waals surface area (Å²) < 4.78 is 6.41. The lowest BCUT2D eigenvalue weighted by atomic mass is 9.83. The van der Waals surface area contributed by atoms with Crippen LogP contribution in [0.1, 0.15) is 133 Å². The number of nitrogens with one attached hydrogen (secondary N) is 2. The Morgan fingerprint density at radius 3 is 2.34 bits per heavy atom. The second-order valence-corrected chi connectivity index (χ2v) is 16.1. The van der Waals surface area contributed by atoms with Gasteiger partial charge in [0.25, 0.3) is 5.91 Å². The van der Waals surface area contributed by atoms with Crippen LogP contribution in [-0.2, 0) is 25.5 Å². The first-order chi connectivity index (χ1) is 25.3. The molecule has 296 valence electrons. The number of aromatic hydroxyl groups is 1. The van der Waals surface area contributed by atoms with Crippen molar-refractivity contribution in [1.82, 2.24) is 20.5 Å². The van der Waals surface area contributed by atoms with E-state index in [-0.39, 0.29) is 59.9 Å². The maximum atomic E-state index is 14.6. The molecule has 53 heavy (non-hydrogen) atoms. The number of hydrogen-bond donors (Lipinski definition) is 4. The van der Waals surface area contributed by atoms with Crippen LogP contribution in [0, 0.1) is 23.7 Å². The van der Waals surface area contributed by atoms with E-state index in [1.165, 1.54) is 11.3 Å². The van der Waals surface area contributed by atoms with Crippen molar-refractivity contribution >= 4 is 34.9 Å². The Kier molecular flexibility index (Phi) is 18.4. The maximum Gasteiger partial charge on any atom is 0.306 e. The smallest absolute Gasteiger partial charge is 0.306 e. The summed E-state index contributed by atoms with van der Waals surface area (Å²) in [6, 6.07) is 5.79. The Labute approximate surface area is 320 Å². The van der Waals surface area contributed by atoms with Crippen LogP contribution in [-0.4, -0.2) is 81.5 Å². The molecule has 0 saturated carbocycles. The average Bonchev–Trinajstić information content (AvgIpc) is 3.64. The summed E-state index contributed by atoms with van der Waals surface area (Å²) in [4.78, 5) is 60.1. The van der Waals surface area contributed by atoms with E-state index < -0.39 is 35.9 Å². The number of carbonyl (C=O) groups excluding carboxylic acids is 3. The molecule has 0 aliphatic carbocycles. The predicted octanol–water partition coefficient (Wildman–Crippen LogP) is 7.19. The minimum absolute atomic E-state index is 0.0211. The molecule has 11 nitrogen and oxygen atoms in total. The number of phenols is 1. The number of Topliss-reactive ketones (excluding diaryl/α,β-unsaturated/α-hetero) is 1. The van der Waals surface area contributed by atoms with E-state index in [9.17, 15) is 29.4 Å². The van der Waals surface area contributed by atoms with Crippen LogP contribution in [0.4, 0.5) is 0 Å². The fourth-order valence-electron chi connectivity index (χ4n) is 7.11. The van der Waals surface area contributed by atoms with Gasteiger partial charge in [-0.1, -0.05) is 73.4 Å². The molecule has 3 rings (SSSR count). The maximum absolute atomic E-state index is 14.6. The number of nitrogens with zero attached hydrogens (tertiary/aromatic N) is 2. The number of piperidine rings is 1. The number of ketones is 1. The molecular weight excluding hydrogens is 693 g/mol. The molecule has 2 heterocycles. The Hall–Kier alpha value is -3.35.